The van der Waals surface area contributed by atoms with E-state index >= 15 is 0 Å². The number of aromatic nitrogens is 4. The molecule has 1 amide bonds. The minimum absolute atomic E-state index is 0.0862. The Balaban J connectivity index is 1.26. The lowest BCUT2D eigenvalue weighted by molar-refractivity contribution is -0.133. The summed E-state index contributed by atoms with van der Waals surface area (Å²) in [4.78, 5) is 29.2. The predicted molar refractivity (Wildman–Crippen MR) is 146 cm³/mol. The predicted octanol–water partition coefficient (Wildman–Crippen LogP) is 5.95. The number of aryl methyl sites for hydroxylation is 1. The number of rotatable bonds is 5. The molecule has 6 rings (SSSR count). The van der Waals surface area contributed by atoms with Gasteiger partial charge >= 0.3 is 0 Å². The van der Waals surface area contributed by atoms with Crippen molar-refractivity contribution in [3.63, 3.8) is 0 Å². The van der Waals surface area contributed by atoms with E-state index in [1.165, 1.54) is 29.5 Å². The number of nitrogens with zero attached hydrogens (tertiary/aromatic N) is 5. The van der Waals surface area contributed by atoms with Crippen molar-refractivity contribution in [3.8, 4) is 5.82 Å². The second-order valence-electron chi connectivity index (χ2n) is 10.5. The van der Waals surface area contributed by atoms with Gasteiger partial charge in [-0.05, 0) is 80.3 Å². The first kappa shape index (κ1) is 23.6. The number of hydrogen-bond acceptors (Lipinski definition) is 5. The maximum absolute atomic E-state index is 13.1. The van der Waals surface area contributed by atoms with E-state index in [1.54, 1.807) is 6.20 Å². The lowest BCUT2D eigenvalue weighted by Crippen LogP contribution is -2.37. The van der Waals surface area contributed by atoms with Crippen LogP contribution < -0.4 is 5.32 Å². The fourth-order valence-electron chi connectivity index (χ4n) is 6.13. The quantitative estimate of drug-likeness (QED) is 0.371. The Hall–Kier alpha value is -3.74. The van der Waals surface area contributed by atoms with Gasteiger partial charge in [0.1, 0.15) is 12.1 Å². The summed E-state index contributed by atoms with van der Waals surface area (Å²) in [6.45, 7) is 5.19. The van der Waals surface area contributed by atoms with Gasteiger partial charge in [-0.15, -0.1) is 0 Å². The zero-order chi connectivity index (χ0) is 25.4. The van der Waals surface area contributed by atoms with Gasteiger partial charge in [-0.3, -0.25) is 9.36 Å². The van der Waals surface area contributed by atoms with Crippen molar-refractivity contribution in [2.24, 2.45) is 0 Å². The molecule has 1 N–H and O–H groups in total. The molecule has 190 valence electrons. The first-order valence-electron chi connectivity index (χ1n) is 13.5. The lowest BCUT2D eigenvalue weighted by Gasteiger charge is -2.31. The highest BCUT2D eigenvalue weighted by Crippen LogP contribution is 2.36. The fourth-order valence-corrected chi connectivity index (χ4v) is 6.13. The van der Waals surface area contributed by atoms with Gasteiger partial charge in [0.25, 0.3) is 0 Å². The summed E-state index contributed by atoms with van der Waals surface area (Å²) in [7, 11) is 0. The number of fused-ring (bicyclic) bond motifs is 2. The molecule has 2 aromatic heterocycles. The van der Waals surface area contributed by atoms with E-state index in [4.69, 9.17) is 9.97 Å². The maximum atomic E-state index is 13.1. The largest absolute Gasteiger partial charge is 0.348 e. The van der Waals surface area contributed by atoms with Crippen LogP contribution in [0.2, 0.25) is 0 Å². The van der Waals surface area contributed by atoms with Gasteiger partial charge in [0.2, 0.25) is 11.9 Å². The summed E-state index contributed by atoms with van der Waals surface area (Å²) in [5.41, 5.74) is 5.58. The van der Waals surface area contributed by atoms with Crippen LogP contribution in [0.5, 0.6) is 0 Å². The molecule has 7 heteroatoms. The third-order valence-corrected chi connectivity index (χ3v) is 8.12. The van der Waals surface area contributed by atoms with Crippen molar-refractivity contribution in [2.75, 3.05) is 11.9 Å². The standard InChI is InChI=1S/C30H34N6O/c1-20-16-27-26(18-25(20)23-10-6-11-24-12-7-15-35(24)29(37)17-23)32-19-36(27)28-13-14-31-30(34-28)33-21(2)22-8-4-3-5-9-22/h3-5,8-9,13-14,16,18-19,21,23-24H,6-7,10-12,15,17H2,1-2H3,(H,31,33,34)/t21-,23?,24?/m0/s1. The average Bonchev–Trinajstić information content (AvgIpc) is 3.54. The van der Waals surface area contributed by atoms with E-state index in [9.17, 15) is 4.79 Å². The molecule has 4 heterocycles. The number of benzene rings is 2. The molecule has 2 saturated heterocycles. The zero-order valence-electron chi connectivity index (χ0n) is 21.6. The van der Waals surface area contributed by atoms with Crippen LogP contribution in [0.3, 0.4) is 0 Å². The van der Waals surface area contributed by atoms with Gasteiger partial charge in [-0.1, -0.05) is 36.8 Å². The van der Waals surface area contributed by atoms with Gasteiger partial charge in [-0.25, -0.2) is 9.97 Å². The summed E-state index contributed by atoms with van der Waals surface area (Å²) >= 11 is 0. The average molecular weight is 495 g/mol. The third-order valence-electron chi connectivity index (χ3n) is 8.12. The van der Waals surface area contributed by atoms with Crippen molar-refractivity contribution < 1.29 is 4.79 Å². The number of carbonyl (C=O) groups is 1. The highest BCUT2D eigenvalue weighted by molar-refractivity contribution is 5.81. The fraction of sp³-hybridized carbons (Fsp3) is 0.400. The Morgan fingerprint density at radius 1 is 1.03 bits per heavy atom. The highest BCUT2D eigenvalue weighted by Gasteiger charge is 2.32. The minimum atomic E-state index is 0.0862. The Morgan fingerprint density at radius 2 is 1.86 bits per heavy atom. The van der Waals surface area contributed by atoms with Crippen LogP contribution in [0, 0.1) is 6.92 Å². The number of anilines is 1. The van der Waals surface area contributed by atoms with Gasteiger partial charge in [-0.2, -0.15) is 4.98 Å². The molecular weight excluding hydrogens is 460 g/mol. The van der Waals surface area contributed by atoms with Crippen LogP contribution >= 0.6 is 0 Å². The number of carbonyl (C=O) groups excluding carboxylic acids is 1. The first-order valence-corrected chi connectivity index (χ1v) is 13.5. The molecule has 2 fully saturated rings. The number of nitrogens with one attached hydrogen (secondary N) is 1. The minimum Gasteiger partial charge on any atom is -0.348 e. The van der Waals surface area contributed by atoms with Gasteiger partial charge in [0.05, 0.1) is 17.1 Å². The smallest absolute Gasteiger partial charge is 0.225 e. The molecule has 7 nitrogen and oxygen atoms in total. The molecular formula is C30H34N6O. The van der Waals surface area contributed by atoms with Crippen LogP contribution in [0.4, 0.5) is 5.95 Å². The van der Waals surface area contributed by atoms with Gasteiger partial charge in [0, 0.05) is 25.2 Å². The van der Waals surface area contributed by atoms with Crippen LogP contribution in [-0.2, 0) is 4.79 Å². The Morgan fingerprint density at radius 3 is 2.73 bits per heavy atom. The van der Waals surface area contributed by atoms with E-state index in [-0.39, 0.29) is 12.0 Å². The van der Waals surface area contributed by atoms with Crippen LogP contribution in [0.1, 0.15) is 74.1 Å². The normalized spacial score (nSPS) is 20.9. The van der Waals surface area contributed by atoms with E-state index in [0.717, 1.165) is 42.7 Å². The highest BCUT2D eigenvalue weighted by atomic mass is 16.2. The summed E-state index contributed by atoms with van der Waals surface area (Å²) < 4.78 is 2.02. The first-order chi connectivity index (χ1) is 18.1. The molecule has 37 heavy (non-hydrogen) atoms. The molecule has 2 aliphatic heterocycles. The molecule has 2 aromatic carbocycles. The van der Waals surface area contributed by atoms with Crippen molar-refractivity contribution in [3.05, 3.63) is 77.7 Å². The third kappa shape index (κ3) is 4.70. The van der Waals surface area contributed by atoms with E-state index in [0.29, 0.717) is 24.3 Å². The molecule has 0 bridgehead atoms. The van der Waals surface area contributed by atoms with Crippen LogP contribution in [0.25, 0.3) is 16.9 Å². The molecule has 4 aromatic rings. The van der Waals surface area contributed by atoms with Crippen molar-refractivity contribution in [2.45, 2.75) is 70.4 Å². The van der Waals surface area contributed by atoms with Crippen molar-refractivity contribution in [1.82, 2.24) is 24.4 Å². The van der Waals surface area contributed by atoms with Crippen molar-refractivity contribution in [1.29, 1.82) is 0 Å². The molecule has 0 aliphatic carbocycles. The van der Waals surface area contributed by atoms with E-state index < -0.39 is 0 Å². The number of amides is 1. The summed E-state index contributed by atoms with van der Waals surface area (Å²) in [6, 6.07) is 17.1. The van der Waals surface area contributed by atoms with Crippen molar-refractivity contribution >= 4 is 22.9 Å². The summed E-state index contributed by atoms with van der Waals surface area (Å²) in [5.74, 6) is 1.92. The molecule has 0 radical (unpaired) electrons. The molecule has 3 atom stereocenters. The van der Waals surface area contributed by atoms with Gasteiger partial charge < -0.3 is 10.2 Å². The van der Waals surface area contributed by atoms with E-state index in [1.807, 2.05) is 35.2 Å². The molecule has 2 aliphatic rings. The number of hydrogen-bond donors (Lipinski definition) is 1. The topological polar surface area (TPSA) is 75.9 Å². The van der Waals surface area contributed by atoms with E-state index in [2.05, 4.69) is 53.3 Å². The maximum Gasteiger partial charge on any atom is 0.225 e. The monoisotopic (exact) mass is 494 g/mol. The Bertz CT molecular complexity index is 1410. The lowest BCUT2D eigenvalue weighted by atomic mass is 9.85. The van der Waals surface area contributed by atoms with Gasteiger partial charge in [0.15, 0.2) is 0 Å². The van der Waals surface area contributed by atoms with Crippen LogP contribution in [-0.4, -0.2) is 42.9 Å². The summed E-state index contributed by atoms with van der Waals surface area (Å²) in [6.07, 6.45) is 9.89. The van der Waals surface area contributed by atoms with Crippen LogP contribution in [0.15, 0.2) is 61.1 Å². The zero-order valence-corrected chi connectivity index (χ0v) is 21.6. The summed E-state index contributed by atoms with van der Waals surface area (Å²) in [5, 5.41) is 3.41. The number of imidazole rings is 1. The second kappa shape index (κ2) is 9.96. The molecule has 0 saturated carbocycles. The Labute approximate surface area is 218 Å². The molecule has 0 spiro atoms. The molecule has 2 unspecified atom stereocenters. The SMILES string of the molecule is Cc1cc2c(cc1C1CCCC3CCCN3C(=O)C1)ncn2-c1ccnc(N[C@@H](C)c2ccccc2)n1. The second-order valence-corrected chi connectivity index (χ2v) is 10.5. The Kier molecular flexibility index (Phi) is 6.37.